The summed E-state index contributed by atoms with van der Waals surface area (Å²) in [6, 6.07) is 68.0. The maximum atomic E-state index is 5.60. The zero-order valence-electron chi connectivity index (χ0n) is 31.6. The van der Waals surface area contributed by atoms with E-state index in [1.54, 1.807) is 0 Å². The average Bonchev–Trinajstić information content (AvgIpc) is 4.02. The molecule has 0 amide bonds. The minimum atomic E-state index is 0.813. The Balaban J connectivity index is 1.16. The van der Waals surface area contributed by atoms with Gasteiger partial charge in [0.25, 0.3) is 0 Å². The highest BCUT2D eigenvalue weighted by Crippen LogP contribution is 2.48. The zero-order chi connectivity index (χ0) is 38.3. The number of hydrogen-bond donors (Lipinski definition) is 0. The second-order valence-electron chi connectivity index (χ2n) is 15.8. The van der Waals surface area contributed by atoms with Gasteiger partial charge in [0.05, 0.1) is 49.7 Å². The summed E-state index contributed by atoms with van der Waals surface area (Å²) in [4.78, 5) is 11.1. The summed E-state index contributed by atoms with van der Waals surface area (Å²) in [5.41, 5.74) is 13.0. The maximum absolute atomic E-state index is 5.60. The molecule has 5 nitrogen and oxygen atoms in total. The van der Waals surface area contributed by atoms with Crippen LogP contribution < -0.4 is 0 Å². The van der Waals surface area contributed by atoms with Crippen LogP contribution in [0.2, 0.25) is 0 Å². The Morgan fingerprint density at radius 2 is 0.915 bits per heavy atom. The number of aromatic nitrogens is 5. The SMILES string of the molecule is c1ccc(-n2c3ccccc3c3cc(-c4nc5ccccc5nc4-n4c5ccccc5c5cc6c7ccccc7n7c8cc9ccccc9cc8c(c54)c67)ccc32)cc1. The highest BCUT2D eigenvalue weighted by atomic mass is 15.1. The van der Waals surface area contributed by atoms with Crippen LogP contribution in [0.25, 0.3) is 126 Å². The topological polar surface area (TPSA) is 40.0 Å². The van der Waals surface area contributed by atoms with Gasteiger partial charge in [0, 0.05) is 54.3 Å². The highest BCUT2D eigenvalue weighted by Gasteiger charge is 2.27. The molecule has 0 N–H and O–H groups in total. The van der Waals surface area contributed by atoms with Gasteiger partial charge in [0.15, 0.2) is 5.82 Å². The van der Waals surface area contributed by atoms with E-state index in [0.717, 1.165) is 50.3 Å². The number of para-hydroxylation sites is 6. The molecule has 0 saturated heterocycles. The van der Waals surface area contributed by atoms with E-state index in [0.29, 0.717) is 0 Å². The van der Waals surface area contributed by atoms with Crippen LogP contribution in [0.15, 0.2) is 188 Å². The molecule has 0 atom stereocenters. The summed E-state index contributed by atoms with van der Waals surface area (Å²) in [6.45, 7) is 0. The molecule has 0 fully saturated rings. The van der Waals surface area contributed by atoms with Crippen molar-refractivity contribution in [2.75, 3.05) is 0 Å². The maximum Gasteiger partial charge on any atom is 0.165 e. The third-order valence-electron chi connectivity index (χ3n) is 12.7. The third kappa shape index (κ3) is 4.08. The van der Waals surface area contributed by atoms with Gasteiger partial charge in [0.2, 0.25) is 0 Å². The molecular weight excluding hydrogens is 719 g/mol. The molecule has 14 aromatic rings. The monoisotopic (exact) mass is 749 g/mol. The van der Waals surface area contributed by atoms with Gasteiger partial charge in [-0.1, -0.05) is 115 Å². The van der Waals surface area contributed by atoms with E-state index in [9.17, 15) is 0 Å². The molecule has 0 aliphatic carbocycles. The largest absolute Gasteiger partial charge is 0.309 e. The summed E-state index contributed by atoms with van der Waals surface area (Å²) >= 11 is 0. The van der Waals surface area contributed by atoms with Gasteiger partial charge in [-0.15, -0.1) is 0 Å². The van der Waals surface area contributed by atoms with Crippen LogP contribution in [0, 0.1) is 0 Å². The highest BCUT2D eigenvalue weighted by molar-refractivity contribution is 6.35. The summed E-state index contributed by atoms with van der Waals surface area (Å²) in [6.07, 6.45) is 0. The predicted molar refractivity (Wildman–Crippen MR) is 246 cm³/mol. The van der Waals surface area contributed by atoms with Crippen molar-refractivity contribution in [2.45, 2.75) is 0 Å². The lowest BCUT2D eigenvalue weighted by molar-refractivity contribution is 1.08. The number of nitrogens with zero attached hydrogens (tertiary/aromatic N) is 5. The van der Waals surface area contributed by atoms with E-state index in [1.807, 2.05) is 0 Å². The van der Waals surface area contributed by atoms with Crippen molar-refractivity contribution >= 4 is 104 Å². The standard InChI is InChI=1S/C54H31N5/c1-2-16-35(17-3-1)57-45-23-11-6-18-36(45)39-29-34(26-27-48(39)57)51-54(56-44-22-10-9-21-43(44)55-51)59-47-25-13-8-20-38(47)41-31-40-37-19-7-12-24-46(37)58-49-30-33-15-5-4-14-32(33)28-42(49)50(52(40)58)53(41)59/h1-31H. The fourth-order valence-corrected chi connectivity index (χ4v) is 10.2. The van der Waals surface area contributed by atoms with Crippen molar-refractivity contribution in [2.24, 2.45) is 0 Å². The van der Waals surface area contributed by atoms with Gasteiger partial charge >= 0.3 is 0 Å². The van der Waals surface area contributed by atoms with Crippen molar-refractivity contribution in [1.82, 2.24) is 23.5 Å². The van der Waals surface area contributed by atoms with Gasteiger partial charge < -0.3 is 8.97 Å². The first kappa shape index (κ1) is 31.1. The van der Waals surface area contributed by atoms with Crippen LogP contribution in [0.3, 0.4) is 0 Å². The van der Waals surface area contributed by atoms with Crippen LogP contribution in [0.5, 0.6) is 0 Å². The van der Waals surface area contributed by atoms with Crippen molar-refractivity contribution in [3.8, 4) is 22.8 Å². The molecule has 0 radical (unpaired) electrons. The Morgan fingerprint density at radius 1 is 0.339 bits per heavy atom. The minimum Gasteiger partial charge on any atom is -0.309 e. The normalized spacial score (nSPS) is 12.4. The molecule has 14 rings (SSSR count). The van der Waals surface area contributed by atoms with Crippen LogP contribution in [0.4, 0.5) is 0 Å². The molecular formula is C54H31N5. The van der Waals surface area contributed by atoms with E-state index in [2.05, 4.69) is 202 Å². The molecule has 0 aliphatic heterocycles. The third-order valence-corrected chi connectivity index (χ3v) is 12.7. The summed E-state index contributed by atoms with van der Waals surface area (Å²) in [5, 5.41) is 12.2. The quantitative estimate of drug-likeness (QED) is 0.180. The Hall–Kier alpha value is -8.02. The van der Waals surface area contributed by atoms with E-state index in [1.165, 1.54) is 75.9 Å². The first-order valence-corrected chi connectivity index (χ1v) is 20.2. The van der Waals surface area contributed by atoms with E-state index in [4.69, 9.17) is 9.97 Å². The lowest BCUT2D eigenvalue weighted by Crippen LogP contribution is -2.04. The fraction of sp³-hybridized carbons (Fsp3) is 0. The molecule has 5 heteroatoms. The predicted octanol–water partition coefficient (Wildman–Crippen LogP) is 13.8. The lowest BCUT2D eigenvalue weighted by atomic mass is 10.0. The van der Waals surface area contributed by atoms with Gasteiger partial charge in [-0.3, -0.25) is 4.57 Å². The van der Waals surface area contributed by atoms with Gasteiger partial charge in [0.1, 0.15) is 5.69 Å². The van der Waals surface area contributed by atoms with E-state index >= 15 is 0 Å². The average molecular weight is 750 g/mol. The molecule has 9 aromatic carbocycles. The van der Waals surface area contributed by atoms with E-state index < -0.39 is 0 Å². The van der Waals surface area contributed by atoms with Crippen molar-refractivity contribution in [1.29, 1.82) is 0 Å². The molecule has 5 heterocycles. The zero-order valence-corrected chi connectivity index (χ0v) is 31.6. The lowest BCUT2D eigenvalue weighted by Gasteiger charge is -2.15. The fourth-order valence-electron chi connectivity index (χ4n) is 10.2. The Labute approximate surface area is 336 Å². The van der Waals surface area contributed by atoms with Crippen molar-refractivity contribution < 1.29 is 0 Å². The second-order valence-corrected chi connectivity index (χ2v) is 15.8. The van der Waals surface area contributed by atoms with Gasteiger partial charge in [-0.25, -0.2) is 9.97 Å². The van der Waals surface area contributed by atoms with Crippen LogP contribution in [-0.2, 0) is 0 Å². The molecule has 272 valence electrons. The van der Waals surface area contributed by atoms with Gasteiger partial charge in [-0.05, 0) is 83.6 Å². The summed E-state index contributed by atoms with van der Waals surface area (Å²) < 4.78 is 7.27. The van der Waals surface area contributed by atoms with Crippen LogP contribution in [-0.4, -0.2) is 23.5 Å². The molecule has 59 heavy (non-hydrogen) atoms. The summed E-state index contributed by atoms with van der Waals surface area (Å²) in [5.74, 6) is 0.813. The smallest absolute Gasteiger partial charge is 0.165 e. The number of hydrogen-bond acceptors (Lipinski definition) is 2. The Kier molecular flexibility index (Phi) is 5.96. The molecule has 0 aliphatic rings. The molecule has 0 unspecified atom stereocenters. The Morgan fingerprint density at radius 3 is 1.69 bits per heavy atom. The number of benzene rings is 9. The first-order chi connectivity index (χ1) is 29.3. The van der Waals surface area contributed by atoms with E-state index in [-0.39, 0.29) is 0 Å². The minimum absolute atomic E-state index is 0.813. The molecule has 0 saturated carbocycles. The van der Waals surface area contributed by atoms with Crippen molar-refractivity contribution in [3.63, 3.8) is 0 Å². The molecule has 0 bridgehead atoms. The Bertz CT molecular complexity index is 4070. The first-order valence-electron chi connectivity index (χ1n) is 20.2. The number of rotatable bonds is 3. The molecule has 0 spiro atoms. The van der Waals surface area contributed by atoms with Gasteiger partial charge in [-0.2, -0.15) is 0 Å². The number of fused-ring (bicyclic) bond motifs is 15. The van der Waals surface area contributed by atoms with Crippen LogP contribution >= 0.6 is 0 Å². The molecule has 5 aromatic heterocycles. The second kappa shape index (κ2) is 11.3. The van der Waals surface area contributed by atoms with Crippen molar-refractivity contribution in [3.05, 3.63) is 188 Å². The summed E-state index contributed by atoms with van der Waals surface area (Å²) in [7, 11) is 0. The van der Waals surface area contributed by atoms with Crippen LogP contribution in [0.1, 0.15) is 0 Å².